The summed E-state index contributed by atoms with van der Waals surface area (Å²) in [6.07, 6.45) is -0.469. The highest BCUT2D eigenvalue weighted by atomic mass is 79.9. The first-order valence-corrected chi connectivity index (χ1v) is 6.26. The van der Waals surface area contributed by atoms with Gasteiger partial charge in [-0.2, -0.15) is 5.26 Å². The molecule has 0 heterocycles. The molecule has 96 valence electrons. The SMILES string of the molecule is CC(C)(C)OC(=O)NCc1ccc(Br)c(C#N)c1. The van der Waals surface area contributed by atoms with Gasteiger partial charge in [0.2, 0.25) is 0 Å². The number of carbonyl (C=O) groups excluding carboxylic acids is 1. The minimum absolute atomic E-state index is 0.330. The molecule has 0 spiro atoms. The van der Waals surface area contributed by atoms with Crippen molar-refractivity contribution >= 4 is 22.0 Å². The Labute approximate surface area is 115 Å². The lowest BCUT2D eigenvalue weighted by Crippen LogP contribution is -2.32. The fraction of sp³-hybridized carbons (Fsp3) is 0.385. The van der Waals surface area contributed by atoms with E-state index in [1.165, 1.54) is 0 Å². The molecule has 0 saturated heterocycles. The number of amides is 1. The zero-order chi connectivity index (χ0) is 13.8. The largest absolute Gasteiger partial charge is 0.444 e. The van der Waals surface area contributed by atoms with Crippen LogP contribution in [-0.2, 0) is 11.3 Å². The van der Waals surface area contributed by atoms with Gasteiger partial charge in [0.15, 0.2) is 0 Å². The van der Waals surface area contributed by atoms with Gasteiger partial charge in [-0.3, -0.25) is 0 Å². The van der Waals surface area contributed by atoms with Crippen LogP contribution in [0.1, 0.15) is 31.9 Å². The Balaban J connectivity index is 2.60. The summed E-state index contributed by atoms with van der Waals surface area (Å²) in [4.78, 5) is 11.4. The molecule has 0 aliphatic heterocycles. The van der Waals surface area contributed by atoms with Crippen LogP contribution < -0.4 is 5.32 Å². The lowest BCUT2D eigenvalue weighted by atomic mass is 10.1. The minimum atomic E-state index is -0.512. The van der Waals surface area contributed by atoms with Crippen molar-refractivity contribution in [1.82, 2.24) is 5.32 Å². The summed E-state index contributed by atoms with van der Waals surface area (Å²) in [6, 6.07) is 7.41. The van der Waals surface area contributed by atoms with Crippen molar-refractivity contribution in [2.75, 3.05) is 0 Å². The molecule has 0 fully saturated rings. The van der Waals surface area contributed by atoms with Crippen molar-refractivity contribution < 1.29 is 9.53 Å². The van der Waals surface area contributed by atoms with Gasteiger partial charge in [-0.15, -0.1) is 0 Å². The van der Waals surface area contributed by atoms with E-state index in [9.17, 15) is 4.79 Å². The highest BCUT2D eigenvalue weighted by Gasteiger charge is 2.15. The van der Waals surface area contributed by atoms with Gasteiger partial charge in [-0.1, -0.05) is 6.07 Å². The Morgan fingerprint density at radius 1 is 1.50 bits per heavy atom. The Kier molecular flexibility index (Phi) is 4.74. The van der Waals surface area contributed by atoms with Gasteiger partial charge >= 0.3 is 6.09 Å². The van der Waals surface area contributed by atoms with E-state index >= 15 is 0 Å². The fourth-order valence-corrected chi connectivity index (χ4v) is 1.59. The molecular weight excluding hydrogens is 296 g/mol. The van der Waals surface area contributed by atoms with Crippen LogP contribution in [0.5, 0.6) is 0 Å². The third kappa shape index (κ3) is 4.76. The van der Waals surface area contributed by atoms with Crippen LogP contribution in [0.3, 0.4) is 0 Å². The number of rotatable bonds is 2. The molecule has 0 aromatic heterocycles. The molecule has 0 unspecified atom stereocenters. The highest BCUT2D eigenvalue weighted by Crippen LogP contribution is 2.17. The van der Waals surface area contributed by atoms with Gasteiger partial charge in [-0.25, -0.2) is 4.79 Å². The number of ether oxygens (including phenoxy) is 1. The zero-order valence-electron chi connectivity index (χ0n) is 10.6. The third-order valence-electron chi connectivity index (χ3n) is 1.99. The van der Waals surface area contributed by atoms with Crippen LogP contribution in [0.15, 0.2) is 22.7 Å². The average molecular weight is 311 g/mol. The number of carbonyl (C=O) groups is 1. The number of hydrogen-bond acceptors (Lipinski definition) is 3. The molecule has 1 rings (SSSR count). The first-order valence-electron chi connectivity index (χ1n) is 5.47. The summed E-state index contributed by atoms with van der Waals surface area (Å²) >= 11 is 3.28. The second kappa shape index (κ2) is 5.87. The Morgan fingerprint density at radius 3 is 2.72 bits per heavy atom. The maximum atomic E-state index is 11.4. The smallest absolute Gasteiger partial charge is 0.407 e. The molecule has 1 aromatic carbocycles. The normalized spacial score (nSPS) is 10.6. The molecule has 1 amide bonds. The van der Waals surface area contributed by atoms with E-state index in [0.29, 0.717) is 12.1 Å². The Morgan fingerprint density at radius 2 is 2.17 bits per heavy atom. The molecule has 1 N–H and O–H groups in total. The minimum Gasteiger partial charge on any atom is -0.444 e. The fourth-order valence-electron chi connectivity index (χ4n) is 1.26. The molecule has 0 bridgehead atoms. The molecular formula is C13H15BrN2O2. The van der Waals surface area contributed by atoms with Crippen molar-refractivity contribution in [2.45, 2.75) is 32.9 Å². The summed E-state index contributed by atoms with van der Waals surface area (Å²) in [5, 5.41) is 11.5. The van der Waals surface area contributed by atoms with Gasteiger partial charge < -0.3 is 10.1 Å². The van der Waals surface area contributed by atoms with Gasteiger partial charge in [0.1, 0.15) is 11.7 Å². The number of nitrogens with one attached hydrogen (secondary N) is 1. The second-order valence-electron chi connectivity index (χ2n) is 4.78. The molecule has 0 radical (unpaired) electrons. The van der Waals surface area contributed by atoms with Gasteiger partial charge in [0.25, 0.3) is 0 Å². The standard InChI is InChI=1S/C13H15BrN2O2/c1-13(2,3)18-12(17)16-8-9-4-5-11(14)10(6-9)7-15/h4-6H,8H2,1-3H3,(H,16,17). The van der Waals surface area contributed by atoms with Crippen LogP contribution in [-0.4, -0.2) is 11.7 Å². The van der Waals surface area contributed by atoms with E-state index in [0.717, 1.165) is 10.0 Å². The van der Waals surface area contributed by atoms with Crippen molar-refractivity contribution in [3.63, 3.8) is 0 Å². The highest BCUT2D eigenvalue weighted by molar-refractivity contribution is 9.10. The quantitative estimate of drug-likeness (QED) is 0.911. The maximum Gasteiger partial charge on any atom is 0.407 e. The van der Waals surface area contributed by atoms with Crippen LogP contribution >= 0.6 is 15.9 Å². The molecule has 5 heteroatoms. The zero-order valence-corrected chi connectivity index (χ0v) is 12.2. The summed E-state index contributed by atoms with van der Waals surface area (Å²) in [5.41, 5.74) is 0.876. The number of halogens is 1. The molecule has 1 aromatic rings. The van der Waals surface area contributed by atoms with E-state index in [1.54, 1.807) is 32.9 Å². The monoisotopic (exact) mass is 310 g/mol. The van der Waals surface area contributed by atoms with Crippen molar-refractivity contribution in [1.29, 1.82) is 5.26 Å². The van der Waals surface area contributed by atoms with Gasteiger partial charge in [0, 0.05) is 11.0 Å². The summed E-state index contributed by atoms with van der Waals surface area (Å²) < 4.78 is 5.86. The first kappa shape index (κ1) is 14.5. The molecule has 0 aliphatic carbocycles. The van der Waals surface area contributed by atoms with Gasteiger partial charge in [0.05, 0.1) is 5.56 Å². The predicted octanol–water partition coefficient (Wildman–Crippen LogP) is 3.35. The number of benzene rings is 1. The number of alkyl carbamates (subject to hydrolysis) is 1. The average Bonchev–Trinajstić information content (AvgIpc) is 2.25. The number of nitriles is 1. The lowest BCUT2D eigenvalue weighted by molar-refractivity contribution is 0.0523. The van der Waals surface area contributed by atoms with E-state index in [-0.39, 0.29) is 0 Å². The van der Waals surface area contributed by atoms with E-state index < -0.39 is 11.7 Å². The van der Waals surface area contributed by atoms with E-state index in [4.69, 9.17) is 10.00 Å². The molecule has 0 aliphatic rings. The van der Waals surface area contributed by atoms with E-state index in [2.05, 4.69) is 27.3 Å². The molecule has 0 saturated carbocycles. The Hall–Kier alpha value is -1.54. The number of nitrogens with zero attached hydrogens (tertiary/aromatic N) is 1. The lowest BCUT2D eigenvalue weighted by Gasteiger charge is -2.19. The van der Waals surface area contributed by atoms with Crippen LogP contribution in [0.2, 0.25) is 0 Å². The van der Waals surface area contributed by atoms with E-state index in [1.807, 2.05) is 6.07 Å². The van der Waals surface area contributed by atoms with Crippen LogP contribution in [0, 0.1) is 11.3 Å². The Bertz CT molecular complexity index is 487. The summed E-state index contributed by atoms with van der Waals surface area (Å²) in [6.45, 7) is 5.75. The number of hydrogen-bond donors (Lipinski definition) is 1. The first-order chi connectivity index (χ1) is 8.31. The van der Waals surface area contributed by atoms with Gasteiger partial charge in [-0.05, 0) is 54.4 Å². The van der Waals surface area contributed by atoms with Crippen LogP contribution in [0.4, 0.5) is 4.79 Å². The third-order valence-corrected chi connectivity index (χ3v) is 2.68. The van der Waals surface area contributed by atoms with Crippen LogP contribution in [0.25, 0.3) is 0 Å². The van der Waals surface area contributed by atoms with Crippen molar-refractivity contribution in [3.05, 3.63) is 33.8 Å². The second-order valence-corrected chi connectivity index (χ2v) is 5.64. The molecule has 0 atom stereocenters. The molecule has 18 heavy (non-hydrogen) atoms. The summed E-state index contributed by atoms with van der Waals surface area (Å²) in [7, 11) is 0. The predicted molar refractivity (Wildman–Crippen MR) is 71.9 cm³/mol. The summed E-state index contributed by atoms with van der Waals surface area (Å²) in [5.74, 6) is 0. The van der Waals surface area contributed by atoms with Crippen molar-refractivity contribution in [3.8, 4) is 6.07 Å². The molecule has 4 nitrogen and oxygen atoms in total. The van der Waals surface area contributed by atoms with Crippen molar-refractivity contribution in [2.24, 2.45) is 0 Å². The maximum absolute atomic E-state index is 11.4. The topological polar surface area (TPSA) is 62.1 Å².